The van der Waals surface area contributed by atoms with Gasteiger partial charge in [-0.3, -0.25) is 4.90 Å². The Morgan fingerprint density at radius 1 is 0.857 bits per heavy atom. The number of aliphatic imine (C=N–C) groups is 1. The highest BCUT2D eigenvalue weighted by Crippen LogP contribution is 2.46. The van der Waals surface area contributed by atoms with E-state index in [1.165, 1.54) is 17.5 Å². The van der Waals surface area contributed by atoms with Crippen molar-refractivity contribution in [3.8, 4) is 0 Å². The molecule has 1 unspecified atom stereocenters. The molecule has 2 heterocycles. The number of likely N-dealkylation sites (tertiary alicyclic amines) is 1. The van der Waals surface area contributed by atoms with Gasteiger partial charge in [-0.2, -0.15) is 0 Å². The summed E-state index contributed by atoms with van der Waals surface area (Å²) in [5.41, 5.74) is 17.7. The molecule has 0 bridgehead atoms. The van der Waals surface area contributed by atoms with Crippen LogP contribution in [0.15, 0.2) is 59.3 Å². The lowest BCUT2D eigenvalue weighted by Crippen LogP contribution is -2.54. The topological polar surface area (TPSA) is 79.7 Å². The Hall–Kier alpha value is -2.79. The summed E-state index contributed by atoms with van der Waals surface area (Å²) in [7, 11) is 0. The van der Waals surface area contributed by atoms with Gasteiger partial charge in [0.05, 0.1) is 0 Å². The van der Waals surface area contributed by atoms with Crippen LogP contribution >= 0.6 is 0 Å². The zero-order valence-corrected chi connectivity index (χ0v) is 16.7. The molecule has 146 valence electrons. The lowest BCUT2D eigenvalue weighted by molar-refractivity contribution is 0.115. The molecule has 0 aromatic heterocycles. The van der Waals surface area contributed by atoms with Gasteiger partial charge < -0.3 is 16.8 Å². The zero-order chi connectivity index (χ0) is 19.7. The van der Waals surface area contributed by atoms with Crippen LogP contribution in [-0.2, 0) is 5.66 Å². The Morgan fingerprint density at radius 2 is 1.43 bits per heavy atom. The van der Waals surface area contributed by atoms with Gasteiger partial charge in [0.15, 0.2) is 11.6 Å². The molecule has 0 radical (unpaired) electrons. The molecule has 2 aliphatic heterocycles. The van der Waals surface area contributed by atoms with E-state index in [1.807, 2.05) is 0 Å². The Morgan fingerprint density at radius 3 is 2.04 bits per heavy atom. The first kappa shape index (κ1) is 18.6. The highest BCUT2D eigenvalue weighted by molar-refractivity contribution is 5.90. The fourth-order valence-electron chi connectivity index (χ4n) is 4.35. The van der Waals surface area contributed by atoms with Crippen LogP contribution in [0.1, 0.15) is 41.5 Å². The van der Waals surface area contributed by atoms with Crippen LogP contribution in [0.25, 0.3) is 5.57 Å². The van der Waals surface area contributed by atoms with Gasteiger partial charge in [-0.1, -0.05) is 66.1 Å². The first-order valence-corrected chi connectivity index (χ1v) is 10.0. The van der Waals surface area contributed by atoms with E-state index in [-0.39, 0.29) is 0 Å². The lowest BCUT2D eigenvalue weighted by Gasteiger charge is -2.47. The molecule has 28 heavy (non-hydrogen) atoms. The molecule has 5 nitrogen and oxygen atoms in total. The molecule has 2 aliphatic rings. The average Bonchev–Trinajstić information content (AvgIpc) is 2.69. The number of nitrogens with two attached hydrogens (primary N) is 2. The van der Waals surface area contributed by atoms with Gasteiger partial charge in [-0.05, 0) is 37.8 Å². The first-order chi connectivity index (χ1) is 13.5. The molecule has 5 heteroatoms. The van der Waals surface area contributed by atoms with Gasteiger partial charge in [-0.25, -0.2) is 4.99 Å². The molecule has 4 rings (SSSR count). The van der Waals surface area contributed by atoms with E-state index >= 15 is 0 Å². The number of hydrogen-bond donors (Lipinski definition) is 3. The van der Waals surface area contributed by atoms with Crippen molar-refractivity contribution in [2.24, 2.45) is 16.5 Å². The predicted octanol–water partition coefficient (Wildman–Crippen LogP) is 3.19. The van der Waals surface area contributed by atoms with Crippen LogP contribution in [-0.4, -0.2) is 23.9 Å². The molecule has 5 N–H and O–H groups in total. The van der Waals surface area contributed by atoms with Gasteiger partial charge >= 0.3 is 0 Å². The molecule has 1 atom stereocenters. The molecule has 0 saturated carbocycles. The molecule has 1 saturated heterocycles. The maximum absolute atomic E-state index is 6.57. The smallest absolute Gasteiger partial charge is 0.196 e. The molecule has 1 fully saturated rings. The summed E-state index contributed by atoms with van der Waals surface area (Å²) in [6.45, 7) is 6.12. The van der Waals surface area contributed by atoms with Gasteiger partial charge in [0.1, 0.15) is 5.82 Å². The van der Waals surface area contributed by atoms with Crippen LogP contribution in [0.4, 0.5) is 0 Å². The Labute approximate surface area is 167 Å². The number of benzene rings is 2. The number of rotatable bonds is 3. The molecular weight excluding hydrogens is 346 g/mol. The number of nitrogens with one attached hydrogen (secondary N) is 1. The van der Waals surface area contributed by atoms with E-state index in [1.54, 1.807) is 0 Å². The van der Waals surface area contributed by atoms with Crippen molar-refractivity contribution in [2.75, 3.05) is 13.1 Å². The third kappa shape index (κ3) is 3.16. The van der Waals surface area contributed by atoms with E-state index in [0.29, 0.717) is 11.8 Å². The lowest BCUT2D eigenvalue weighted by atomic mass is 9.82. The second kappa shape index (κ2) is 7.32. The van der Waals surface area contributed by atoms with Gasteiger partial charge in [0.2, 0.25) is 0 Å². The van der Waals surface area contributed by atoms with Crippen molar-refractivity contribution in [1.82, 2.24) is 10.2 Å². The van der Waals surface area contributed by atoms with Crippen molar-refractivity contribution in [1.29, 1.82) is 0 Å². The number of hydrogen-bond acceptors (Lipinski definition) is 5. The number of piperidine rings is 1. The van der Waals surface area contributed by atoms with E-state index < -0.39 is 5.66 Å². The molecule has 2 aromatic carbocycles. The van der Waals surface area contributed by atoms with Gasteiger partial charge in [0, 0.05) is 18.7 Å². The second-order valence-electron chi connectivity index (χ2n) is 7.86. The highest BCUT2D eigenvalue weighted by atomic mass is 15.4. The maximum atomic E-state index is 6.57. The van der Waals surface area contributed by atoms with Crippen molar-refractivity contribution in [2.45, 2.75) is 38.8 Å². The minimum absolute atomic E-state index is 0.361. The fourth-order valence-corrected chi connectivity index (χ4v) is 4.35. The summed E-state index contributed by atoms with van der Waals surface area (Å²) in [6, 6.07) is 17.1. The Kier molecular flexibility index (Phi) is 4.85. The Balaban J connectivity index is 1.97. The van der Waals surface area contributed by atoms with Crippen LogP contribution in [0.3, 0.4) is 0 Å². The highest BCUT2D eigenvalue weighted by Gasteiger charge is 2.46. The minimum atomic E-state index is -0.719. The normalized spacial score (nSPS) is 23.3. The third-order valence-corrected chi connectivity index (χ3v) is 5.77. The fraction of sp³-hybridized carbons (Fsp3) is 0.348. The maximum Gasteiger partial charge on any atom is 0.196 e. The summed E-state index contributed by atoms with van der Waals surface area (Å²) in [6.07, 6.45) is 3.55. The predicted molar refractivity (Wildman–Crippen MR) is 115 cm³/mol. The van der Waals surface area contributed by atoms with E-state index in [9.17, 15) is 0 Å². The summed E-state index contributed by atoms with van der Waals surface area (Å²) in [4.78, 5) is 7.48. The van der Waals surface area contributed by atoms with Gasteiger partial charge in [0.25, 0.3) is 0 Å². The minimum Gasteiger partial charge on any atom is -0.385 e. The van der Waals surface area contributed by atoms with E-state index in [2.05, 4.69) is 72.6 Å². The monoisotopic (exact) mass is 375 g/mol. The first-order valence-electron chi connectivity index (χ1n) is 10.0. The molecule has 0 aliphatic carbocycles. The van der Waals surface area contributed by atoms with Crippen molar-refractivity contribution in [3.05, 3.63) is 76.6 Å². The van der Waals surface area contributed by atoms with Crippen LogP contribution < -0.4 is 16.8 Å². The summed E-state index contributed by atoms with van der Waals surface area (Å²) in [5, 5.41) is 3.08. The summed E-state index contributed by atoms with van der Waals surface area (Å²) >= 11 is 0. The van der Waals surface area contributed by atoms with E-state index in [0.717, 1.165) is 42.6 Å². The average molecular weight is 376 g/mol. The number of nitrogens with zero attached hydrogens (tertiary/aromatic N) is 2. The van der Waals surface area contributed by atoms with Crippen LogP contribution in [0, 0.1) is 13.8 Å². The molecule has 0 amide bonds. The molecular formula is C23H29N5. The van der Waals surface area contributed by atoms with Gasteiger partial charge in [-0.15, -0.1) is 0 Å². The molecule has 0 spiro atoms. The Bertz CT molecular complexity index is 905. The number of aryl methyl sites for hydroxylation is 2. The summed E-state index contributed by atoms with van der Waals surface area (Å²) < 4.78 is 0. The SMILES string of the molecule is Cc1ccc(C2=C(N)NC(N)=NC2(c2ccc(C)cc2)N2CCCCC2)cc1. The van der Waals surface area contributed by atoms with E-state index in [4.69, 9.17) is 16.5 Å². The standard InChI is InChI=1S/C23H29N5/c1-16-6-10-18(11-7-16)20-21(24)26-22(25)27-23(20,28-14-4-3-5-15-28)19-12-8-17(2)9-13-19/h6-13H,3-5,14-15,24H2,1-2H3,(H3,25,26,27). The zero-order valence-electron chi connectivity index (χ0n) is 16.7. The van der Waals surface area contributed by atoms with Crippen LogP contribution in [0.5, 0.6) is 0 Å². The third-order valence-electron chi connectivity index (χ3n) is 5.77. The quantitative estimate of drug-likeness (QED) is 0.770. The summed E-state index contributed by atoms with van der Waals surface area (Å²) in [5.74, 6) is 0.932. The molecule has 2 aromatic rings. The number of guanidine groups is 1. The second-order valence-corrected chi connectivity index (χ2v) is 7.86. The van der Waals surface area contributed by atoms with Crippen molar-refractivity contribution < 1.29 is 0 Å². The van der Waals surface area contributed by atoms with Crippen LogP contribution in [0.2, 0.25) is 0 Å². The largest absolute Gasteiger partial charge is 0.385 e. The van der Waals surface area contributed by atoms with Crippen molar-refractivity contribution in [3.63, 3.8) is 0 Å². The van der Waals surface area contributed by atoms with Crippen molar-refractivity contribution >= 4 is 11.5 Å².